The highest BCUT2D eigenvalue weighted by Gasteiger charge is 2.35. The highest BCUT2D eigenvalue weighted by Crippen LogP contribution is 2.37. The predicted molar refractivity (Wildman–Crippen MR) is 112 cm³/mol. The minimum absolute atomic E-state index is 0.00274. The smallest absolute Gasteiger partial charge is 0.293 e. The topological polar surface area (TPSA) is 76.1 Å². The van der Waals surface area contributed by atoms with E-state index >= 15 is 0 Å². The molecule has 1 N–H and O–H groups in total. The van der Waals surface area contributed by atoms with Crippen LogP contribution in [0.4, 0.5) is 4.79 Å². The van der Waals surface area contributed by atoms with Crippen molar-refractivity contribution in [3.05, 3.63) is 57.4 Å². The lowest BCUT2D eigenvalue weighted by molar-refractivity contribution is -0.123. The lowest BCUT2D eigenvalue weighted by atomic mass is 10.2. The van der Waals surface area contributed by atoms with E-state index in [9.17, 15) is 14.7 Å². The quantitative estimate of drug-likeness (QED) is 0.601. The minimum atomic E-state index is -0.371. The van der Waals surface area contributed by atoms with Gasteiger partial charge in [0.2, 0.25) is 0 Å². The van der Waals surface area contributed by atoms with Crippen molar-refractivity contribution >= 4 is 44.9 Å². The fourth-order valence-corrected chi connectivity index (χ4v) is 3.85. The summed E-state index contributed by atoms with van der Waals surface area (Å²) in [6, 6.07) is 12.3. The Balaban J connectivity index is 1.71. The Hall–Kier alpha value is -2.45. The normalized spacial score (nSPS) is 15.4. The number of hydrogen-bond donors (Lipinski definition) is 1. The number of halogens is 1. The van der Waals surface area contributed by atoms with Gasteiger partial charge in [0, 0.05) is 4.47 Å². The SMILES string of the molecule is CCOc1cc(/C=C2\SC(=O)N(CCOc3ccccc3)C2=O)c(Br)cc1O. The van der Waals surface area contributed by atoms with Crippen molar-refractivity contribution < 1.29 is 24.2 Å². The van der Waals surface area contributed by atoms with Crippen LogP contribution in [0, 0.1) is 0 Å². The van der Waals surface area contributed by atoms with Crippen LogP contribution in [0.3, 0.4) is 0 Å². The predicted octanol–water partition coefficient (Wildman–Crippen LogP) is 4.67. The van der Waals surface area contributed by atoms with Gasteiger partial charge in [-0.2, -0.15) is 0 Å². The zero-order valence-electron chi connectivity index (χ0n) is 15.1. The van der Waals surface area contributed by atoms with Gasteiger partial charge in [0.15, 0.2) is 11.5 Å². The van der Waals surface area contributed by atoms with Crippen LogP contribution in [0.15, 0.2) is 51.8 Å². The molecule has 8 heteroatoms. The molecule has 1 aliphatic rings. The molecule has 0 saturated carbocycles. The number of phenols is 1. The number of carbonyl (C=O) groups is 2. The van der Waals surface area contributed by atoms with Gasteiger partial charge in [0.05, 0.1) is 18.1 Å². The van der Waals surface area contributed by atoms with Crippen molar-refractivity contribution in [2.24, 2.45) is 0 Å². The summed E-state index contributed by atoms with van der Waals surface area (Å²) in [6.07, 6.45) is 1.61. The molecular weight excluding hydrogens is 446 g/mol. The molecule has 0 spiro atoms. The Morgan fingerprint density at radius 1 is 1.18 bits per heavy atom. The lowest BCUT2D eigenvalue weighted by Crippen LogP contribution is -2.32. The van der Waals surface area contributed by atoms with Crippen LogP contribution < -0.4 is 9.47 Å². The fraction of sp³-hybridized carbons (Fsp3) is 0.200. The van der Waals surface area contributed by atoms with E-state index in [4.69, 9.17) is 9.47 Å². The molecule has 0 bridgehead atoms. The summed E-state index contributed by atoms with van der Waals surface area (Å²) in [6.45, 7) is 2.58. The Bertz CT molecular complexity index is 916. The summed E-state index contributed by atoms with van der Waals surface area (Å²) in [4.78, 5) is 26.3. The molecule has 1 heterocycles. The molecular formula is C20H18BrNO5S. The van der Waals surface area contributed by atoms with Gasteiger partial charge in [-0.3, -0.25) is 14.5 Å². The average molecular weight is 464 g/mol. The fourth-order valence-electron chi connectivity index (χ4n) is 2.55. The molecule has 2 aromatic carbocycles. The van der Waals surface area contributed by atoms with E-state index in [-0.39, 0.29) is 30.0 Å². The van der Waals surface area contributed by atoms with Crippen molar-refractivity contribution in [1.29, 1.82) is 0 Å². The number of phenolic OH excluding ortho intramolecular Hbond substituents is 1. The van der Waals surface area contributed by atoms with Crippen LogP contribution in [0.5, 0.6) is 17.2 Å². The van der Waals surface area contributed by atoms with Crippen molar-refractivity contribution in [2.45, 2.75) is 6.92 Å². The van der Waals surface area contributed by atoms with Crippen LogP contribution in [-0.2, 0) is 4.79 Å². The largest absolute Gasteiger partial charge is 0.504 e. The summed E-state index contributed by atoms with van der Waals surface area (Å²) in [5.74, 6) is 0.621. The number of nitrogens with zero attached hydrogens (tertiary/aromatic N) is 1. The summed E-state index contributed by atoms with van der Waals surface area (Å²) in [7, 11) is 0. The van der Waals surface area contributed by atoms with Gasteiger partial charge in [0.25, 0.3) is 11.1 Å². The number of amides is 2. The summed E-state index contributed by atoms with van der Waals surface area (Å²) < 4.78 is 11.5. The van der Waals surface area contributed by atoms with E-state index in [1.165, 1.54) is 6.07 Å². The zero-order chi connectivity index (χ0) is 20.1. The van der Waals surface area contributed by atoms with Gasteiger partial charge < -0.3 is 14.6 Å². The Kier molecular flexibility index (Phi) is 6.64. The van der Waals surface area contributed by atoms with E-state index in [1.807, 2.05) is 37.3 Å². The number of ether oxygens (including phenoxy) is 2. The first-order valence-corrected chi connectivity index (χ1v) is 10.2. The molecule has 1 fully saturated rings. The van der Waals surface area contributed by atoms with Gasteiger partial charge in [-0.1, -0.05) is 34.1 Å². The number of carbonyl (C=O) groups excluding carboxylic acids is 2. The Morgan fingerprint density at radius 3 is 2.64 bits per heavy atom. The van der Waals surface area contributed by atoms with Crippen LogP contribution in [0.25, 0.3) is 6.08 Å². The van der Waals surface area contributed by atoms with E-state index < -0.39 is 0 Å². The van der Waals surface area contributed by atoms with Crippen molar-refractivity contribution in [1.82, 2.24) is 4.90 Å². The van der Waals surface area contributed by atoms with Crippen LogP contribution in [0.1, 0.15) is 12.5 Å². The van der Waals surface area contributed by atoms with E-state index in [0.717, 1.165) is 16.7 Å². The molecule has 1 aliphatic heterocycles. The second-order valence-electron chi connectivity index (χ2n) is 5.77. The van der Waals surface area contributed by atoms with Gasteiger partial charge in [-0.25, -0.2) is 0 Å². The van der Waals surface area contributed by atoms with Crippen molar-refractivity contribution in [3.63, 3.8) is 0 Å². The van der Waals surface area contributed by atoms with Crippen molar-refractivity contribution in [3.8, 4) is 17.2 Å². The number of benzene rings is 2. The maximum atomic E-state index is 12.6. The molecule has 0 unspecified atom stereocenters. The molecule has 2 aromatic rings. The maximum absolute atomic E-state index is 12.6. The molecule has 0 radical (unpaired) electrons. The number of rotatable bonds is 7. The molecule has 2 amide bonds. The summed E-state index contributed by atoms with van der Waals surface area (Å²) >= 11 is 4.23. The van der Waals surface area contributed by atoms with E-state index in [1.54, 1.807) is 12.1 Å². The third-order valence-corrected chi connectivity index (χ3v) is 5.46. The first kappa shape index (κ1) is 20.3. The third kappa shape index (κ3) is 4.69. The van der Waals surface area contributed by atoms with Gasteiger partial charge in [0.1, 0.15) is 12.4 Å². The molecule has 0 aromatic heterocycles. The van der Waals surface area contributed by atoms with Gasteiger partial charge >= 0.3 is 0 Å². The summed E-state index contributed by atoms with van der Waals surface area (Å²) in [5.41, 5.74) is 0.632. The molecule has 0 atom stereocenters. The highest BCUT2D eigenvalue weighted by molar-refractivity contribution is 9.10. The van der Waals surface area contributed by atoms with Crippen LogP contribution >= 0.6 is 27.7 Å². The standard InChI is InChI=1S/C20H18BrNO5S/c1-2-26-17-10-13(15(21)12-16(17)23)11-18-19(24)22(20(25)28-18)8-9-27-14-6-4-3-5-7-14/h3-7,10-12,23H,2,8-9H2,1H3/b18-11-. The highest BCUT2D eigenvalue weighted by atomic mass is 79.9. The van der Waals surface area contributed by atoms with E-state index in [0.29, 0.717) is 33.0 Å². The monoisotopic (exact) mass is 463 g/mol. The first-order valence-electron chi connectivity index (χ1n) is 8.58. The zero-order valence-corrected chi connectivity index (χ0v) is 17.5. The van der Waals surface area contributed by atoms with Crippen LogP contribution in [-0.4, -0.2) is 40.9 Å². The summed E-state index contributed by atoms with van der Waals surface area (Å²) in [5, 5.41) is 9.57. The Labute approximate surface area is 175 Å². The van der Waals surface area contributed by atoms with Crippen molar-refractivity contribution in [2.75, 3.05) is 19.8 Å². The average Bonchev–Trinajstić information content (AvgIpc) is 2.94. The molecule has 6 nitrogen and oxygen atoms in total. The number of thioether (sulfide) groups is 1. The molecule has 28 heavy (non-hydrogen) atoms. The third-order valence-electron chi connectivity index (χ3n) is 3.87. The minimum Gasteiger partial charge on any atom is -0.504 e. The second-order valence-corrected chi connectivity index (χ2v) is 7.62. The Morgan fingerprint density at radius 2 is 1.93 bits per heavy atom. The van der Waals surface area contributed by atoms with Gasteiger partial charge in [-0.15, -0.1) is 0 Å². The number of para-hydroxylation sites is 1. The van der Waals surface area contributed by atoms with Crippen LogP contribution in [0.2, 0.25) is 0 Å². The molecule has 3 rings (SSSR count). The molecule has 0 aliphatic carbocycles. The molecule has 1 saturated heterocycles. The maximum Gasteiger partial charge on any atom is 0.293 e. The number of hydrogen-bond acceptors (Lipinski definition) is 6. The molecule has 146 valence electrons. The second kappa shape index (κ2) is 9.16. The number of imide groups is 1. The number of aromatic hydroxyl groups is 1. The lowest BCUT2D eigenvalue weighted by Gasteiger charge is -2.13. The first-order chi connectivity index (χ1) is 13.5. The van der Waals surface area contributed by atoms with E-state index in [2.05, 4.69) is 15.9 Å². The van der Waals surface area contributed by atoms with Gasteiger partial charge in [-0.05, 0) is 54.6 Å².